The van der Waals surface area contributed by atoms with Crippen LogP contribution in [0.2, 0.25) is 0 Å². The Kier molecular flexibility index (Phi) is 3.34. The first kappa shape index (κ1) is 8.51. The van der Waals surface area contributed by atoms with Crippen LogP contribution in [0.25, 0.3) is 0 Å². The molecule has 0 saturated carbocycles. The minimum absolute atomic E-state index is 0.0105. The van der Waals surface area contributed by atoms with Gasteiger partial charge in [0.25, 0.3) is 0 Å². The molecule has 0 radical (unpaired) electrons. The summed E-state index contributed by atoms with van der Waals surface area (Å²) in [5.74, 6) is 0. The SMILES string of the molecule is CCCN1CCOC[C@@H]1C#N. The lowest BCUT2D eigenvalue weighted by Gasteiger charge is -2.30. The van der Waals surface area contributed by atoms with Crippen molar-refractivity contribution in [1.29, 1.82) is 5.26 Å². The molecular weight excluding hydrogens is 140 g/mol. The number of hydrogen-bond acceptors (Lipinski definition) is 3. The van der Waals surface area contributed by atoms with E-state index in [-0.39, 0.29) is 6.04 Å². The second kappa shape index (κ2) is 4.32. The second-order valence-corrected chi connectivity index (χ2v) is 2.76. The lowest BCUT2D eigenvalue weighted by Crippen LogP contribution is -2.44. The third-order valence-electron chi connectivity index (χ3n) is 1.90. The number of ether oxygens (including phenoxy) is 1. The van der Waals surface area contributed by atoms with Gasteiger partial charge < -0.3 is 4.74 Å². The average molecular weight is 154 g/mol. The molecule has 1 fully saturated rings. The average Bonchev–Trinajstić information content (AvgIpc) is 2.06. The Hall–Kier alpha value is -0.590. The molecule has 1 rings (SSSR count). The number of rotatable bonds is 2. The third-order valence-corrected chi connectivity index (χ3v) is 1.90. The van der Waals surface area contributed by atoms with Gasteiger partial charge in [-0.3, -0.25) is 4.90 Å². The molecule has 1 aliphatic heterocycles. The van der Waals surface area contributed by atoms with Gasteiger partial charge in [0, 0.05) is 6.54 Å². The smallest absolute Gasteiger partial charge is 0.121 e. The van der Waals surface area contributed by atoms with E-state index < -0.39 is 0 Å². The zero-order valence-corrected chi connectivity index (χ0v) is 6.92. The zero-order chi connectivity index (χ0) is 8.10. The van der Waals surface area contributed by atoms with Crippen molar-refractivity contribution in [2.45, 2.75) is 19.4 Å². The van der Waals surface area contributed by atoms with Crippen molar-refractivity contribution in [3.8, 4) is 6.07 Å². The maximum atomic E-state index is 8.72. The molecule has 1 heterocycles. The van der Waals surface area contributed by atoms with Gasteiger partial charge in [-0.15, -0.1) is 0 Å². The summed E-state index contributed by atoms with van der Waals surface area (Å²) < 4.78 is 5.19. The van der Waals surface area contributed by atoms with Crippen molar-refractivity contribution < 1.29 is 4.74 Å². The molecule has 0 unspecified atom stereocenters. The van der Waals surface area contributed by atoms with Crippen LogP contribution in [-0.4, -0.2) is 37.2 Å². The maximum absolute atomic E-state index is 8.72. The largest absolute Gasteiger partial charge is 0.377 e. The Morgan fingerprint density at radius 2 is 2.55 bits per heavy atom. The van der Waals surface area contributed by atoms with Crippen molar-refractivity contribution in [2.24, 2.45) is 0 Å². The number of morpholine rings is 1. The first-order chi connectivity index (χ1) is 5.38. The Labute approximate surface area is 67.6 Å². The molecule has 0 N–H and O–H groups in total. The van der Waals surface area contributed by atoms with Crippen molar-refractivity contribution in [3.63, 3.8) is 0 Å². The Bertz CT molecular complexity index is 151. The standard InChI is InChI=1S/C8H14N2O/c1-2-3-10-4-5-11-7-8(10)6-9/h8H,2-5,7H2,1H3/t8-/m0/s1. The van der Waals surface area contributed by atoms with Crippen LogP contribution in [0.1, 0.15) is 13.3 Å². The molecule has 62 valence electrons. The van der Waals surface area contributed by atoms with Crippen LogP contribution in [0.5, 0.6) is 0 Å². The highest BCUT2D eigenvalue weighted by Gasteiger charge is 2.20. The van der Waals surface area contributed by atoms with Crippen molar-refractivity contribution in [1.82, 2.24) is 4.90 Å². The molecule has 3 nitrogen and oxygen atoms in total. The maximum Gasteiger partial charge on any atom is 0.121 e. The van der Waals surface area contributed by atoms with E-state index >= 15 is 0 Å². The van der Waals surface area contributed by atoms with Crippen LogP contribution in [0, 0.1) is 11.3 Å². The quantitative estimate of drug-likeness (QED) is 0.585. The molecule has 0 bridgehead atoms. The fourth-order valence-corrected chi connectivity index (χ4v) is 1.31. The van der Waals surface area contributed by atoms with Crippen LogP contribution in [0.3, 0.4) is 0 Å². The van der Waals surface area contributed by atoms with Crippen molar-refractivity contribution >= 4 is 0 Å². The Balaban J connectivity index is 2.39. The van der Waals surface area contributed by atoms with Gasteiger partial charge in [0.15, 0.2) is 0 Å². The fraction of sp³-hybridized carbons (Fsp3) is 0.875. The van der Waals surface area contributed by atoms with E-state index in [9.17, 15) is 0 Å². The molecule has 1 aliphatic rings. The highest BCUT2D eigenvalue weighted by Crippen LogP contribution is 2.05. The molecule has 0 aromatic heterocycles. The van der Waals surface area contributed by atoms with Gasteiger partial charge in [-0.1, -0.05) is 6.92 Å². The number of nitriles is 1. The summed E-state index contributed by atoms with van der Waals surface area (Å²) in [5.41, 5.74) is 0. The minimum Gasteiger partial charge on any atom is -0.377 e. The minimum atomic E-state index is -0.0105. The molecule has 0 aromatic carbocycles. The molecule has 0 aromatic rings. The molecule has 0 aliphatic carbocycles. The summed E-state index contributed by atoms with van der Waals surface area (Å²) in [5, 5.41) is 8.72. The Morgan fingerprint density at radius 3 is 3.18 bits per heavy atom. The Morgan fingerprint density at radius 1 is 1.73 bits per heavy atom. The topological polar surface area (TPSA) is 36.3 Å². The highest BCUT2D eigenvalue weighted by atomic mass is 16.5. The van der Waals surface area contributed by atoms with Gasteiger partial charge >= 0.3 is 0 Å². The molecule has 3 heteroatoms. The molecule has 1 atom stereocenters. The first-order valence-electron chi connectivity index (χ1n) is 4.10. The molecule has 0 amide bonds. The van der Waals surface area contributed by atoms with E-state index in [4.69, 9.17) is 10.00 Å². The first-order valence-corrected chi connectivity index (χ1v) is 4.10. The predicted octanol–water partition coefficient (Wildman–Crippen LogP) is 0.621. The lowest BCUT2D eigenvalue weighted by atomic mass is 10.2. The fourth-order valence-electron chi connectivity index (χ4n) is 1.31. The lowest BCUT2D eigenvalue weighted by molar-refractivity contribution is 0.0130. The summed E-state index contributed by atoms with van der Waals surface area (Å²) in [6.07, 6.45) is 1.11. The van der Waals surface area contributed by atoms with Gasteiger partial charge in [-0.2, -0.15) is 5.26 Å². The van der Waals surface area contributed by atoms with E-state index in [1.165, 1.54) is 0 Å². The molecule has 1 saturated heterocycles. The van der Waals surface area contributed by atoms with Crippen LogP contribution >= 0.6 is 0 Å². The van der Waals surface area contributed by atoms with E-state index in [2.05, 4.69) is 17.9 Å². The molecular formula is C8H14N2O. The van der Waals surface area contributed by atoms with Crippen molar-refractivity contribution in [2.75, 3.05) is 26.3 Å². The molecule has 0 spiro atoms. The van der Waals surface area contributed by atoms with Crippen LogP contribution < -0.4 is 0 Å². The van der Waals surface area contributed by atoms with Crippen LogP contribution in [-0.2, 0) is 4.74 Å². The van der Waals surface area contributed by atoms with E-state index in [0.717, 1.165) is 26.1 Å². The summed E-state index contributed by atoms with van der Waals surface area (Å²) in [6.45, 7) is 5.41. The van der Waals surface area contributed by atoms with Gasteiger partial charge in [0.1, 0.15) is 6.04 Å². The van der Waals surface area contributed by atoms with Crippen LogP contribution in [0.15, 0.2) is 0 Å². The monoisotopic (exact) mass is 154 g/mol. The van der Waals surface area contributed by atoms with Crippen molar-refractivity contribution in [3.05, 3.63) is 0 Å². The normalized spacial score (nSPS) is 26.4. The summed E-state index contributed by atoms with van der Waals surface area (Å²) in [7, 11) is 0. The number of hydrogen-bond donors (Lipinski definition) is 0. The van der Waals surface area contributed by atoms with Crippen LogP contribution in [0.4, 0.5) is 0 Å². The van der Waals surface area contributed by atoms with Gasteiger partial charge in [-0.25, -0.2) is 0 Å². The third kappa shape index (κ3) is 2.18. The van der Waals surface area contributed by atoms with E-state index in [1.54, 1.807) is 0 Å². The van der Waals surface area contributed by atoms with Gasteiger partial charge in [0.05, 0.1) is 19.3 Å². The zero-order valence-electron chi connectivity index (χ0n) is 6.92. The van der Waals surface area contributed by atoms with E-state index in [1.807, 2.05) is 0 Å². The van der Waals surface area contributed by atoms with Gasteiger partial charge in [0.2, 0.25) is 0 Å². The summed E-state index contributed by atoms with van der Waals surface area (Å²) in [4.78, 5) is 2.18. The van der Waals surface area contributed by atoms with E-state index in [0.29, 0.717) is 6.61 Å². The van der Waals surface area contributed by atoms with Gasteiger partial charge in [-0.05, 0) is 13.0 Å². The second-order valence-electron chi connectivity index (χ2n) is 2.76. The highest BCUT2D eigenvalue weighted by molar-refractivity contribution is 4.93. The predicted molar refractivity (Wildman–Crippen MR) is 42.1 cm³/mol. The number of nitrogens with zero attached hydrogens (tertiary/aromatic N) is 2. The summed E-state index contributed by atoms with van der Waals surface area (Å²) in [6, 6.07) is 2.23. The molecule has 11 heavy (non-hydrogen) atoms. The summed E-state index contributed by atoms with van der Waals surface area (Å²) >= 11 is 0.